The molecule has 0 radical (unpaired) electrons. The molecular weight excluding hydrogens is 302 g/mol. The highest BCUT2D eigenvalue weighted by Gasteiger charge is 2.40. The molecule has 4 nitrogen and oxygen atoms in total. The molecule has 0 bridgehead atoms. The van der Waals surface area contributed by atoms with Gasteiger partial charge in [-0.2, -0.15) is 5.26 Å². The van der Waals surface area contributed by atoms with E-state index in [1.807, 2.05) is 42.5 Å². The second kappa shape index (κ2) is 8.19. The normalized spacial score (nSPS) is 20.0. The second-order valence-corrected chi connectivity index (χ2v) is 5.27. The Morgan fingerprint density at radius 2 is 2.00 bits per heavy atom. The molecule has 0 aromatic heterocycles. The summed E-state index contributed by atoms with van der Waals surface area (Å²) in [6.07, 6.45) is 9.35. The third-order valence-electron chi connectivity index (χ3n) is 3.93. The molecule has 1 aromatic rings. The van der Waals surface area contributed by atoms with Gasteiger partial charge in [-0.3, -0.25) is 0 Å². The first-order chi connectivity index (χ1) is 11.7. The van der Waals surface area contributed by atoms with Crippen molar-refractivity contribution in [2.24, 2.45) is 0 Å². The average molecular weight is 323 g/mol. The molecule has 1 unspecified atom stereocenters. The van der Waals surface area contributed by atoms with Crippen LogP contribution in [-0.4, -0.2) is 20.8 Å². The van der Waals surface area contributed by atoms with Crippen molar-refractivity contribution >= 4 is 0 Å². The van der Waals surface area contributed by atoms with Crippen LogP contribution in [0.4, 0.5) is 0 Å². The number of hydrogen-bond donors (Lipinski definition) is 0. The number of nitrogens with zero attached hydrogens (tertiary/aromatic N) is 1. The van der Waals surface area contributed by atoms with Crippen molar-refractivity contribution in [1.29, 1.82) is 5.26 Å². The van der Waals surface area contributed by atoms with Crippen LogP contribution in [0, 0.1) is 11.3 Å². The Hall–Kier alpha value is -2.77. The van der Waals surface area contributed by atoms with Crippen molar-refractivity contribution in [2.45, 2.75) is 12.0 Å². The first kappa shape index (κ1) is 17.6. The molecule has 1 aliphatic rings. The van der Waals surface area contributed by atoms with Gasteiger partial charge in [0, 0.05) is 19.6 Å². The number of allylic oxidation sites excluding steroid dienone is 4. The number of ether oxygens (including phenoxy) is 3. The Morgan fingerprint density at radius 3 is 2.58 bits per heavy atom. The molecule has 1 aromatic carbocycles. The van der Waals surface area contributed by atoms with Gasteiger partial charge < -0.3 is 14.2 Å². The Labute approximate surface area is 143 Å². The average Bonchev–Trinajstić information content (AvgIpc) is 2.64. The molecule has 24 heavy (non-hydrogen) atoms. The van der Waals surface area contributed by atoms with E-state index in [0.717, 1.165) is 22.6 Å². The lowest BCUT2D eigenvalue weighted by Crippen LogP contribution is -2.34. The number of hydrogen-bond acceptors (Lipinski definition) is 4. The quantitative estimate of drug-likeness (QED) is 0.561. The molecular formula is C20H21NO3. The highest BCUT2D eigenvalue weighted by Crippen LogP contribution is 2.42. The van der Waals surface area contributed by atoms with Gasteiger partial charge in [0.2, 0.25) is 0 Å². The Morgan fingerprint density at radius 1 is 1.25 bits per heavy atom. The summed E-state index contributed by atoms with van der Waals surface area (Å²) in [5.41, 5.74) is 1.22. The topological polar surface area (TPSA) is 51.5 Å². The van der Waals surface area contributed by atoms with Crippen LogP contribution in [-0.2, 0) is 15.1 Å². The molecule has 0 spiro atoms. The number of nitriles is 1. The largest absolute Gasteiger partial charge is 0.498 e. The molecule has 0 amide bonds. The number of benzene rings is 1. The fraction of sp³-hybridized carbons (Fsp3) is 0.250. The van der Waals surface area contributed by atoms with Gasteiger partial charge >= 0.3 is 0 Å². The maximum Gasteiger partial charge on any atom is 0.153 e. The van der Waals surface area contributed by atoms with Crippen LogP contribution in [0.1, 0.15) is 12.0 Å². The summed E-state index contributed by atoms with van der Waals surface area (Å²) < 4.78 is 17.0. The summed E-state index contributed by atoms with van der Waals surface area (Å²) >= 11 is 0. The highest BCUT2D eigenvalue weighted by molar-refractivity contribution is 5.44. The minimum absolute atomic E-state index is 0.462. The van der Waals surface area contributed by atoms with E-state index < -0.39 is 5.60 Å². The lowest BCUT2D eigenvalue weighted by molar-refractivity contribution is -0.0244. The molecule has 4 heteroatoms. The summed E-state index contributed by atoms with van der Waals surface area (Å²) in [6.45, 7) is 4.10. The van der Waals surface area contributed by atoms with Gasteiger partial charge in [0.15, 0.2) is 5.60 Å². The molecule has 0 fully saturated rings. The Bertz CT molecular complexity index is 707. The SMILES string of the molecule is C=CCOc1ccc(C2(OC)CC(C=CC#N)=CC=C2OC)cc1. The lowest BCUT2D eigenvalue weighted by Gasteiger charge is -2.36. The monoisotopic (exact) mass is 323 g/mol. The summed E-state index contributed by atoms with van der Waals surface area (Å²) in [5.74, 6) is 1.49. The van der Waals surface area contributed by atoms with Crippen LogP contribution in [0.5, 0.6) is 5.75 Å². The standard InChI is InChI=1S/C20H21NO3/c1-4-14-24-18-10-8-17(9-11-18)20(23-3)15-16(6-5-13-21)7-12-19(20)22-2/h4-12H,1,14-15H2,2-3H3. The molecule has 2 rings (SSSR count). The summed E-state index contributed by atoms with van der Waals surface area (Å²) in [6, 6.07) is 9.74. The lowest BCUT2D eigenvalue weighted by atomic mass is 9.81. The van der Waals surface area contributed by atoms with E-state index in [1.54, 1.807) is 26.4 Å². The Kier molecular flexibility index (Phi) is 6.00. The van der Waals surface area contributed by atoms with Crippen molar-refractivity contribution in [3.8, 4) is 11.8 Å². The molecule has 1 atom stereocenters. The maximum atomic E-state index is 8.74. The van der Waals surface area contributed by atoms with Gasteiger partial charge in [-0.25, -0.2) is 0 Å². The van der Waals surface area contributed by atoms with Crippen LogP contribution in [0.3, 0.4) is 0 Å². The van der Waals surface area contributed by atoms with Crippen LogP contribution in [0.25, 0.3) is 0 Å². The van der Waals surface area contributed by atoms with E-state index in [-0.39, 0.29) is 0 Å². The van der Waals surface area contributed by atoms with Crippen LogP contribution in [0.15, 0.2) is 72.6 Å². The Balaban J connectivity index is 2.37. The van der Waals surface area contributed by atoms with E-state index >= 15 is 0 Å². The molecule has 0 aliphatic heterocycles. The maximum absolute atomic E-state index is 8.74. The van der Waals surface area contributed by atoms with Crippen molar-refractivity contribution in [3.05, 3.63) is 78.1 Å². The summed E-state index contributed by atoms with van der Waals surface area (Å²) in [4.78, 5) is 0. The van der Waals surface area contributed by atoms with E-state index in [4.69, 9.17) is 19.5 Å². The smallest absolute Gasteiger partial charge is 0.153 e. The van der Waals surface area contributed by atoms with Gasteiger partial charge in [-0.05, 0) is 35.4 Å². The van der Waals surface area contributed by atoms with Crippen LogP contribution in [0.2, 0.25) is 0 Å². The molecule has 0 heterocycles. The predicted octanol–water partition coefficient (Wildman–Crippen LogP) is 4.03. The third kappa shape index (κ3) is 3.58. The first-order valence-corrected chi connectivity index (χ1v) is 7.61. The molecule has 0 saturated heterocycles. The van der Waals surface area contributed by atoms with Gasteiger partial charge in [-0.1, -0.05) is 30.9 Å². The second-order valence-electron chi connectivity index (χ2n) is 5.27. The minimum Gasteiger partial charge on any atom is -0.498 e. The highest BCUT2D eigenvalue weighted by atomic mass is 16.5. The van der Waals surface area contributed by atoms with Gasteiger partial charge in [-0.15, -0.1) is 0 Å². The fourth-order valence-electron chi connectivity index (χ4n) is 2.75. The van der Waals surface area contributed by atoms with E-state index in [0.29, 0.717) is 13.0 Å². The van der Waals surface area contributed by atoms with Crippen molar-refractivity contribution < 1.29 is 14.2 Å². The minimum atomic E-state index is -0.727. The third-order valence-corrected chi connectivity index (χ3v) is 3.93. The summed E-state index contributed by atoms with van der Waals surface area (Å²) in [7, 11) is 3.29. The fourth-order valence-corrected chi connectivity index (χ4v) is 2.75. The molecule has 124 valence electrons. The number of methoxy groups -OCH3 is 2. The van der Waals surface area contributed by atoms with Gasteiger partial charge in [0.1, 0.15) is 18.1 Å². The van der Waals surface area contributed by atoms with E-state index in [9.17, 15) is 0 Å². The van der Waals surface area contributed by atoms with E-state index in [2.05, 4.69) is 6.58 Å². The zero-order valence-electron chi connectivity index (χ0n) is 14.0. The first-order valence-electron chi connectivity index (χ1n) is 7.61. The zero-order chi connectivity index (χ0) is 17.4. The number of rotatable bonds is 7. The van der Waals surface area contributed by atoms with Crippen molar-refractivity contribution in [3.63, 3.8) is 0 Å². The van der Waals surface area contributed by atoms with Crippen molar-refractivity contribution in [2.75, 3.05) is 20.8 Å². The van der Waals surface area contributed by atoms with Gasteiger partial charge in [0.05, 0.1) is 13.2 Å². The van der Waals surface area contributed by atoms with E-state index in [1.165, 1.54) is 6.08 Å². The predicted molar refractivity (Wildman–Crippen MR) is 93.4 cm³/mol. The van der Waals surface area contributed by atoms with Gasteiger partial charge in [0.25, 0.3) is 0 Å². The van der Waals surface area contributed by atoms with Crippen LogP contribution >= 0.6 is 0 Å². The molecule has 0 saturated carbocycles. The molecule has 0 N–H and O–H groups in total. The summed E-state index contributed by atoms with van der Waals surface area (Å²) in [5, 5.41) is 8.74. The zero-order valence-corrected chi connectivity index (χ0v) is 14.0. The molecule has 1 aliphatic carbocycles. The van der Waals surface area contributed by atoms with Crippen molar-refractivity contribution in [1.82, 2.24) is 0 Å². The van der Waals surface area contributed by atoms with Crippen LogP contribution < -0.4 is 4.74 Å².